The van der Waals surface area contributed by atoms with E-state index in [2.05, 4.69) is 12.2 Å². The molecule has 0 bridgehead atoms. The van der Waals surface area contributed by atoms with E-state index in [-0.39, 0.29) is 17.8 Å². The lowest BCUT2D eigenvalue weighted by Crippen LogP contribution is -2.33. The molecule has 2 aromatic carbocycles. The summed E-state index contributed by atoms with van der Waals surface area (Å²) >= 11 is 5.91. The van der Waals surface area contributed by atoms with Crippen LogP contribution >= 0.6 is 11.6 Å². The van der Waals surface area contributed by atoms with Crippen molar-refractivity contribution in [1.29, 1.82) is 0 Å². The van der Waals surface area contributed by atoms with E-state index in [4.69, 9.17) is 16.0 Å². The Labute approximate surface area is 191 Å². The van der Waals surface area contributed by atoms with Gasteiger partial charge in [-0.2, -0.15) is 0 Å². The van der Waals surface area contributed by atoms with E-state index < -0.39 is 10.8 Å². The summed E-state index contributed by atoms with van der Waals surface area (Å²) < 4.78 is 5.79. The first-order valence-electron chi connectivity index (χ1n) is 10.6. The van der Waals surface area contributed by atoms with Crippen LogP contribution in [-0.2, 0) is 6.54 Å². The van der Waals surface area contributed by atoms with Crippen molar-refractivity contribution in [2.75, 3.05) is 18.0 Å². The summed E-state index contributed by atoms with van der Waals surface area (Å²) in [6.07, 6.45) is 2.00. The van der Waals surface area contributed by atoms with E-state index in [9.17, 15) is 14.9 Å². The number of piperidine rings is 1. The zero-order valence-corrected chi connectivity index (χ0v) is 18.5. The van der Waals surface area contributed by atoms with Crippen LogP contribution in [0.15, 0.2) is 59.0 Å². The van der Waals surface area contributed by atoms with Crippen LogP contribution < -0.4 is 10.2 Å². The highest BCUT2D eigenvalue weighted by Crippen LogP contribution is 2.32. The Kier molecular flexibility index (Phi) is 6.46. The first-order valence-corrected chi connectivity index (χ1v) is 10.9. The molecule has 1 saturated heterocycles. The van der Waals surface area contributed by atoms with E-state index in [1.54, 1.807) is 30.3 Å². The molecule has 1 amide bonds. The third kappa shape index (κ3) is 4.94. The minimum absolute atomic E-state index is 0.0461. The van der Waals surface area contributed by atoms with Crippen LogP contribution in [0.3, 0.4) is 0 Å². The third-order valence-corrected chi connectivity index (χ3v) is 6.02. The van der Waals surface area contributed by atoms with Gasteiger partial charge in [-0.15, -0.1) is 0 Å². The van der Waals surface area contributed by atoms with Crippen molar-refractivity contribution in [3.05, 3.63) is 81.1 Å². The van der Waals surface area contributed by atoms with E-state index in [1.165, 1.54) is 6.07 Å². The average molecular weight is 454 g/mol. The van der Waals surface area contributed by atoms with Gasteiger partial charge in [0.2, 0.25) is 0 Å². The number of benzene rings is 2. The van der Waals surface area contributed by atoms with Crippen molar-refractivity contribution in [2.24, 2.45) is 5.92 Å². The van der Waals surface area contributed by atoms with Gasteiger partial charge in [0.05, 0.1) is 11.5 Å². The van der Waals surface area contributed by atoms with E-state index in [0.29, 0.717) is 28.1 Å². The Morgan fingerprint density at radius 1 is 1.16 bits per heavy atom. The Morgan fingerprint density at radius 2 is 1.88 bits per heavy atom. The highest BCUT2D eigenvalue weighted by molar-refractivity contribution is 6.30. The molecule has 2 heterocycles. The molecule has 0 aliphatic carbocycles. The van der Waals surface area contributed by atoms with E-state index >= 15 is 0 Å². The lowest BCUT2D eigenvalue weighted by atomic mass is 9.98. The second-order valence-corrected chi connectivity index (χ2v) is 8.52. The molecule has 0 unspecified atom stereocenters. The van der Waals surface area contributed by atoms with Crippen LogP contribution in [0.25, 0.3) is 11.3 Å². The van der Waals surface area contributed by atoms with Crippen LogP contribution in [-0.4, -0.2) is 23.9 Å². The van der Waals surface area contributed by atoms with Gasteiger partial charge < -0.3 is 14.6 Å². The van der Waals surface area contributed by atoms with E-state index in [0.717, 1.165) is 31.5 Å². The largest absolute Gasteiger partial charge is 0.459 e. The van der Waals surface area contributed by atoms with Crippen molar-refractivity contribution in [1.82, 2.24) is 5.32 Å². The number of carbonyl (C=O) groups excluding carboxylic acids is 1. The fourth-order valence-electron chi connectivity index (χ4n) is 3.84. The van der Waals surface area contributed by atoms with Crippen molar-refractivity contribution in [3.8, 4) is 11.3 Å². The fourth-order valence-corrected chi connectivity index (χ4v) is 3.97. The number of nitro groups is 1. The number of amides is 1. The fraction of sp³-hybridized carbons (Fsp3) is 0.292. The Hall–Kier alpha value is -3.32. The summed E-state index contributed by atoms with van der Waals surface area (Å²) in [5.74, 6) is 1.48. The van der Waals surface area contributed by atoms with Crippen molar-refractivity contribution < 1.29 is 14.1 Å². The molecule has 0 spiro atoms. The maximum Gasteiger partial charge on any atom is 0.293 e. The number of nitrogens with zero attached hydrogens (tertiary/aromatic N) is 2. The molecule has 4 rings (SSSR count). The number of carbonyl (C=O) groups is 1. The highest BCUT2D eigenvalue weighted by Gasteiger charge is 2.24. The monoisotopic (exact) mass is 453 g/mol. The van der Waals surface area contributed by atoms with Crippen LogP contribution in [0.5, 0.6) is 0 Å². The van der Waals surface area contributed by atoms with Gasteiger partial charge in [-0.1, -0.05) is 18.5 Å². The molecule has 1 fully saturated rings. The Bertz CT molecular complexity index is 1120. The molecule has 3 aromatic rings. The summed E-state index contributed by atoms with van der Waals surface area (Å²) in [5, 5.41) is 15.1. The molecule has 0 radical (unpaired) electrons. The molecule has 0 saturated carbocycles. The molecule has 1 aliphatic rings. The van der Waals surface area contributed by atoms with Gasteiger partial charge in [-0.05, 0) is 67.3 Å². The van der Waals surface area contributed by atoms with Gasteiger partial charge in [-0.3, -0.25) is 14.9 Å². The van der Waals surface area contributed by atoms with E-state index in [1.807, 2.05) is 23.1 Å². The molecule has 1 aromatic heterocycles. The normalized spacial score (nSPS) is 14.4. The van der Waals surface area contributed by atoms with Crippen LogP contribution in [0.1, 0.15) is 35.9 Å². The summed E-state index contributed by atoms with van der Waals surface area (Å²) in [5.41, 5.74) is 1.65. The third-order valence-electron chi connectivity index (χ3n) is 5.77. The van der Waals surface area contributed by atoms with Gasteiger partial charge in [-0.25, -0.2) is 0 Å². The maximum absolute atomic E-state index is 12.6. The second kappa shape index (κ2) is 9.44. The summed E-state index contributed by atoms with van der Waals surface area (Å²) in [6, 6.07) is 15.5. The average Bonchev–Trinajstić information content (AvgIpc) is 3.27. The zero-order valence-electron chi connectivity index (χ0n) is 17.7. The molecular formula is C24H24ClN3O4. The number of furan rings is 1. The minimum atomic E-state index is -0.422. The lowest BCUT2D eigenvalue weighted by molar-refractivity contribution is -0.384. The number of nitro benzene ring substituents is 1. The van der Waals surface area contributed by atoms with Gasteiger partial charge in [0.1, 0.15) is 17.2 Å². The topological polar surface area (TPSA) is 88.6 Å². The zero-order chi connectivity index (χ0) is 22.7. The lowest BCUT2D eigenvalue weighted by Gasteiger charge is -2.31. The maximum atomic E-state index is 12.6. The number of hydrogen-bond acceptors (Lipinski definition) is 5. The SMILES string of the molecule is CC1CCN(c2ccc(C(=O)NCc3ccc(-c4ccc(Cl)cc4)o3)cc2[N+](=O)[O-])CC1. The Balaban J connectivity index is 1.44. The molecular weight excluding hydrogens is 430 g/mol. The van der Waals surface area contributed by atoms with Crippen LogP contribution in [0.2, 0.25) is 5.02 Å². The number of rotatable bonds is 6. The van der Waals surface area contributed by atoms with Gasteiger partial charge in [0.25, 0.3) is 11.6 Å². The molecule has 1 aliphatic heterocycles. The van der Waals surface area contributed by atoms with Crippen molar-refractivity contribution >= 4 is 28.9 Å². The van der Waals surface area contributed by atoms with Crippen LogP contribution in [0, 0.1) is 16.0 Å². The summed E-state index contributed by atoms with van der Waals surface area (Å²) in [6.45, 7) is 3.92. The smallest absolute Gasteiger partial charge is 0.293 e. The molecule has 8 heteroatoms. The molecule has 32 heavy (non-hydrogen) atoms. The standard InChI is InChI=1S/C24H24ClN3O4/c1-16-10-12-27(13-11-16)21-8-4-18(14-22(21)28(30)31)24(29)26-15-20-7-9-23(32-20)17-2-5-19(25)6-3-17/h2-9,14,16H,10-13,15H2,1H3,(H,26,29). The van der Waals surface area contributed by atoms with Gasteiger partial charge in [0.15, 0.2) is 0 Å². The highest BCUT2D eigenvalue weighted by atomic mass is 35.5. The summed E-state index contributed by atoms with van der Waals surface area (Å²) in [7, 11) is 0. The quantitative estimate of drug-likeness (QED) is 0.383. The Morgan fingerprint density at radius 3 is 2.56 bits per heavy atom. The van der Waals surface area contributed by atoms with Crippen molar-refractivity contribution in [2.45, 2.75) is 26.3 Å². The molecule has 166 valence electrons. The predicted molar refractivity (Wildman–Crippen MR) is 124 cm³/mol. The number of halogens is 1. The van der Waals surface area contributed by atoms with Gasteiger partial charge >= 0.3 is 0 Å². The predicted octanol–water partition coefficient (Wildman–Crippen LogP) is 5.67. The molecule has 0 atom stereocenters. The second-order valence-electron chi connectivity index (χ2n) is 8.09. The molecule has 1 N–H and O–H groups in total. The number of anilines is 1. The number of nitrogens with one attached hydrogen (secondary N) is 1. The minimum Gasteiger partial charge on any atom is -0.459 e. The first-order chi connectivity index (χ1) is 15.4. The summed E-state index contributed by atoms with van der Waals surface area (Å²) in [4.78, 5) is 25.9. The molecule has 7 nitrogen and oxygen atoms in total. The number of hydrogen-bond donors (Lipinski definition) is 1. The van der Waals surface area contributed by atoms with Crippen LogP contribution in [0.4, 0.5) is 11.4 Å². The first kappa shape index (κ1) is 21.9. The van der Waals surface area contributed by atoms with Crippen molar-refractivity contribution in [3.63, 3.8) is 0 Å². The van der Waals surface area contributed by atoms with Gasteiger partial charge in [0, 0.05) is 35.3 Å².